The topological polar surface area (TPSA) is 47.6 Å². The third kappa shape index (κ3) is 5.28. The number of benzene rings is 3. The molecule has 0 spiro atoms. The number of anilines is 1. The zero-order chi connectivity index (χ0) is 23.4. The highest BCUT2D eigenvalue weighted by Gasteiger charge is 2.17. The van der Waals surface area contributed by atoms with Gasteiger partial charge >= 0.3 is 0 Å². The van der Waals surface area contributed by atoms with Crippen molar-refractivity contribution in [3.05, 3.63) is 95.1 Å². The van der Waals surface area contributed by atoms with Crippen LogP contribution in [0.1, 0.15) is 49.9 Å². The average molecular weight is 442 g/mol. The summed E-state index contributed by atoms with van der Waals surface area (Å²) in [6.45, 7) is 9.78. The van der Waals surface area contributed by atoms with E-state index in [0.29, 0.717) is 30.4 Å². The second-order valence-corrected chi connectivity index (χ2v) is 9.24. The summed E-state index contributed by atoms with van der Waals surface area (Å²) in [4.78, 5) is 13.1. The van der Waals surface area contributed by atoms with Gasteiger partial charge in [0.1, 0.15) is 13.2 Å². The number of amides is 1. The normalized spacial score (nSPS) is 13.5. The number of carbonyl (C=O) groups is 1. The van der Waals surface area contributed by atoms with Crippen LogP contribution in [0.3, 0.4) is 0 Å². The van der Waals surface area contributed by atoms with E-state index in [1.54, 1.807) is 12.1 Å². The van der Waals surface area contributed by atoms with Gasteiger partial charge in [0.2, 0.25) is 5.91 Å². The summed E-state index contributed by atoms with van der Waals surface area (Å²) >= 11 is 0. The first-order valence-corrected chi connectivity index (χ1v) is 11.5. The molecule has 1 aliphatic heterocycles. The van der Waals surface area contributed by atoms with E-state index < -0.39 is 0 Å². The molecule has 3 aromatic carbocycles. The Morgan fingerprint density at radius 1 is 0.939 bits per heavy atom. The third-order valence-corrected chi connectivity index (χ3v) is 5.84. The maximum atomic E-state index is 13.1. The summed E-state index contributed by atoms with van der Waals surface area (Å²) in [6, 6.07) is 22.2. The van der Waals surface area contributed by atoms with Crippen molar-refractivity contribution >= 4 is 17.2 Å². The monoisotopic (exact) mass is 441 g/mol. The third-order valence-electron chi connectivity index (χ3n) is 5.84. The van der Waals surface area contributed by atoms with E-state index in [1.165, 1.54) is 11.1 Å². The van der Waals surface area contributed by atoms with E-state index in [9.17, 15) is 4.79 Å². The highest BCUT2D eigenvalue weighted by atomic mass is 16.6. The minimum Gasteiger partial charge on any atom is -0.486 e. The minimum absolute atomic E-state index is 0.0688. The Hall–Kier alpha value is -3.53. The molecule has 0 bridgehead atoms. The fourth-order valence-electron chi connectivity index (χ4n) is 3.99. The minimum atomic E-state index is -0.188. The molecule has 1 N–H and O–H groups in total. The second kappa shape index (κ2) is 9.53. The Kier molecular flexibility index (Phi) is 6.55. The Balaban J connectivity index is 1.69. The molecular formula is C29H31NO3. The first-order valence-electron chi connectivity index (χ1n) is 11.5. The zero-order valence-electron chi connectivity index (χ0n) is 19.8. The quantitative estimate of drug-likeness (QED) is 0.467. The van der Waals surface area contributed by atoms with Crippen molar-refractivity contribution in [2.75, 3.05) is 18.5 Å². The van der Waals surface area contributed by atoms with Gasteiger partial charge in [-0.25, -0.2) is 0 Å². The summed E-state index contributed by atoms with van der Waals surface area (Å²) in [7, 11) is 0. The molecule has 4 nitrogen and oxygen atoms in total. The molecule has 1 heterocycles. The number of rotatable bonds is 5. The number of nitrogens with one attached hydrogen (secondary N) is 1. The lowest BCUT2D eigenvalue weighted by atomic mass is 9.85. The van der Waals surface area contributed by atoms with Crippen LogP contribution in [0.25, 0.3) is 5.57 Å². The molecule has 0 saturated heterocycles. The molecule has 3 aromatic rings. The number of aryl methyl sites for hydroxylation is 1. The van der Waals surface area contributed by atoms with Crippen LogP contribution >= 0.6 is 0 Å². The number of fused-ring (bicyclic) bond motifs is 1. The molecule has 0 aromatic heterocycles. The van der Waals surface area contributed by atoms with Gasteiger partial charge in [0.25, 0.3) is 0 Å². The average Bonchev–Trinajstić information content (AvgIpc) is 2.82. The number of hydrogen-bond acceptors (Lipinski definition) is 3. The van der Waals surface area contributed by atoms with Crippen LogP contribution in [0, 0.1) is 0 Å². The molecule has 0 fully saturated rings. The van der Waals surface area contributed by atoms with Gasteiger partial charge in [0.15, 0.2) is 11.5 Å². The van der Waals surface area contributed by atoms with Crippen LogP contribution in [0.15, 0.2) is 72.8 Å². The SMILES string of the molecule is CCc1ccccc1/C(=C\C(=O)Nc1ccc2c(c1)OCCO2)c1ccc(C(C)(C)C)cc1. The van der Waals surface area contributed by atoms with Crippen molar-refractivity contribution in [2.45, 2.75) is 39.5 Å². The number of ether oxygens (including phenoxy) is 2. The van der Waals surface area contributed by atoms with E-state index in [2.05, 4.69) is 69.4 Å². The summed E-state index contributed by atoms with van der Waals surface area (Å²) in [6.07, 6.45) is 2.58. The molecule has 4 rings (SSSR count). The summed E-state index contributed by atoms with van der Waals surface area (Å²) in [5, 5.41) is 2.98. The van der Waals surface area contributed by atoms with E-state index in [4.69, 9.17) is 9.47 Å². The molecule has 1 amide bonds. The van der Waals surface area contributed by atoms with Crippen LogP contribution in [0.5, 0.6) is 11.5 Å². The Labute approximate surface area is 196 Å². The van der Waals surface area contributed by atoms with Crippen molar-refractivity contribution < 1.29 is 14.3 Å². The van der Waals surface area contributed by atoms with Crippen molar-refractivity contribution in [3.8, 4) is 11.5 Å². The molecule has 0 aliphatic carbocycles. The summed E-state index contributed by atoms with van der Waals surface area (Å²) in [5.74, 6) is 1.16. The highest BCUT2D eigenvalue weighted by Crippen LogP contribution is 2.33. The van der Waals surface area contributed by atoms with Gasteiger partial charge in [0, 0.05) is 17.8 Å². The lowest BCUT2D eigenvalue weighted by molar-refractivity contribution is -0.111. The number of carbonyl (C=O) groups excluding carboxylic acids is 1. The van der Waals surface area contributed by atoms with Gasteiger partial charge in [-0.05, 0) is 51.8 Å². The molecule has 0 atom stereocenters. The fraction of sp³-hybridized carbons (Fsp3) is 0.276. The Morgan fingerprint density at radius 3 is 2.33 bits per heavy atom. The van der Waals surface area contributed by atoms with Crippen molar-refractivity contribution in [2.24, 2.45) is 0 Å². The van der Waals surface area contributed by atoms with E-state index in [-0.39, 0.29) is 11.3 Å². The van der Waals surface area contributed by atoms with Crippen LogP contribution in [0.4, 0.5) is 5.69 Å². The second-order valence-electron chi connectivity index (χ2n) is 9.24. The molecule has 0 radical (unpaired) electrons. The van der Waals surface area contributed by atoms with Gasteiger partial charge in [-0.3, -0.25) is 4.79 Å². The number of hydrogen-bond donors (Lipinski definition) is 1. The van der Waals surface area contributed by atoms with E-state index in [1.807, 2.05) is 24.3 Å². The fourth-order valence-corrected chi connectivity index (χ4v) is 3.99. The highest BCUT2D eigenvalue weighted by molar-refractivity contribution is 6.06. The predicted molar refractivity (Wildman–Crippen MR) is 134 cm³/mol. The van der Waals surface area contributed by atoms with Crippen molar-refractivity contribution in [3.63, 3.8) is 0 Å². The van der Waals surface area contributed by atoms with E-state index in [0.717, 1.165) is 23.1 Å². The molecule has 0 unspecified atom stereocenters. The Bertz CT molecular complexity index is 1170. The largest absolute Gasteiger partial charge is 0.486 e. The lowest BCUT2D eigenvalue weighted by Gasteiger charge is -2.20. The molecule has 1 aliphatic rings. The smallest absolute Gasteiger partial charge is 0.249 e. The maximum Gasteiger partial charge on any atom is 0.249 e. The van der Waals surface area contributed by atoms with Crippen LogP contribution < -0.4 is 14.8 Å². The lowest BCUT2D eigenvalue weighted by Crippen LogP contribution is -2.16. The predicted octanol–water partition coefficient (Wildman–Crippen LogP) is 6.39. The van der Waals surface area contributed by atoms with Crippen molar-refractivity contribution in [1.29, 1.82) is 0 Å². The zero-order valence-corrected chi connectivity index (χ0v) is 19.8. The Morgan fingerprint density at radius 2 is 1.64 bits per heavy atom. The van der Waals surface area contributed by atoms with Gasteiger partial charge < -0.3 is 14.8 Å². The molecule has 170 valence electrons. The van der Waals surface area contributed by atoms with E-state index >= 15 is 0 Å². The van der Waals surface area contributed by atoms with Crippen LogP contribution in [-0.2, 0) is 16.6 Å². The molecule has 33 heavy (non-hydrogen) atoms. The maximum absolute atomic E-state index is 13.1. The van der Waals surface area contributed by atoms with Gasteiger partial charge in [-0.2, -0.15) is 0 Å². The molecular weight excluding hydrogens is 410 g/mol. The van der Waals surface area contributed by atoms with Crippen LogP contribution in [0.2, 0.25) is 0 Å². The van der Waals surface area contributed by atoms with Gasteiger partial charge in [-0.15, -0.1) is 0 Å². The first kappa shape index (κ1) is 22.7. The van der Waals surface area contributed by atoms with Crippen LogP contribution in [-0.4, -0.2) is 19.1 Å². The summed E-state index contributed by atoms with van der Waals surface area (Å²) < 4.78 is 11.2. The summed E-state index contributed by atoms with van der Waals surface area (Å²) in [5.41, 5.74) is 6.20. The molecule has 0 saturated carbocycles. The first-order chi connectivity index (χ1) is 15.8. The van der Waals surface area contributed by atoms with Gasteiger partial charge in [-0.1, -0.05) is 76.2 Å². The molecule has 4 heteroatoms. The standard InChI is InChI=1S/C29H31NO3/c1-5-20-8-6-7-9-24(20)25(21-10-12-22(13-11-21)29(2,3)4)19-28(31)30-23-14-15-26-27(18-23)33-17-16-32-26/h6-15,18-19H,5,16-17H2,1-4H3,(H,30,31)/b25-19-. The van der Waals surface area contributed by atoms with Crippen molar-refractivity contribution in [1.82, 2.24) is 0 Å². The van der Waals surface area contributed by atoms with Gasteiger partial charge in [0.05, 0.1) is 0 Å².